The van der Waals surface area contributed by atoms with Crippen LogP contribution in [0.15, 0.2) is 78.9 Å². The average molecular weight is 352 g/mol. The highest BCUT2D eigenvalue weighted by molar-refractivity contribution is 6.33. The molecule has 0 amide bonds. The first kappa shape index (κ1) is 15.7. The molecule has 0 bridgehead atoms. The summed E-state index contributed by atoms with van der Waals surface area (Å²) >= 11 is 0. The van der Waals surface area contributed by atoms with Crippen LogP contribution in [0.5, 0.6) is 0 Å². The van der Waals surface area contributed by atoms with Gasteiger partial charge in [0, 0.05) is 17.5 Å². The van der Waals surface area contributed by atoms with Gasteiger partial charge in [0.05, 0.1) is 11.0 Å². The molecule has 1 aliphatic carbocycles. The molecule has 0 saturated heterocycles. The second kappa shape index (κ2) is 5.74. The topological polar surface area (TPSA) is 62.8 Å². The summed E-state index contributed by atoms with van der Waals surface area (Å²) in [7, 11) is 0. The number of aromatic nitrogens is 2. The van der Waals surface area contributed by atoms with Crippen molar-refractivity contribution in [3.05, 3.63) is 101 Å². The van der Waals surface area contributed by atoms with Crippen LogP contribution in [0.4, 0.5) is 0 Å². The van der Waals surface area contributed by atoms with Gasteiger partial charge in [0.15, 0.2) is 11.6 Å². The second-order valence-corrected chi connectivity index (χ2v) is 6.85. The zero-order valence-electron chi connectivity index (χ0n) is 14.5. The fraction of sp³-hybridized carbons (Fsp3) is 0.0870. The van der Waals surface area contributed by atoms with Gasteiger partial charge < -0.3 is 4.98 Å². The molecular formula is C23H16N2O2. The van der Waals surface area contributed by atoms with Crippen LogP contribution >= 0.6 is 0 Å². The van der Waals surface area contributed by atoms with Gasteiger partial charge in [0.2, 0.25) is 0 Å². The van der Waals surface area contributed by atoms with Gasteiger partial charge in [-0.1, -0.05) is 66.7 Å². The summed E-state index contributed by atoms with van der Waals surface area (Å²) in [5.74, 6) is 0.319. The number of ketones is 2. The standard InChI is InChI=1S/C23H16N2O2/c26-21-16-10-4-5-11-17(16)22(27)23(21,15-8-2-1-3-9-15)14-20-24-18-12-6-7-13-19(18)25-20/h1-13H,14H2,(H,24,25). The van der Waals surface area contributed by atoms with Crippen LogP contribution in [0.3, 0.4) is 0 Å². The molecule has 1 N–H and O–H groups in total. The number of rotatable bonds is 3. The van der Waals surface area contributed by atoms with Crippen LogP contribution in [0.1, 0.15) is 32.1 Å². The predicted octanol–water partition coefficient (Wildman–Crippen LogP) is 4.12. The minimum Gasteiger partial charge on any atom is -0.342 e. The first-order valence-corrected chi connectivity index (χ1v) is 8.88. The number of fused-ring (bicyclic) bond motifs is 2. The van der Waals surface area contributed by atoms with Gasteiger partial charge in [0.1, 0.15) is 11.2 Å². The highest BCUT2D eigenvalue weighted by Crippen LogP contribution is 2.42. The van der Waals surface area contributed by atoms with Crippen molar-refractivity contribution >= 4 is 22.6 Å². The maximum absolute atomic E-state index is 13.5. The molecule has 3 aromatic carbocycles. The van der Waals surface area contributed by atoms with Gasteiger partial charge in [-0.2, -0.15) is 0 Å². The van der Waals surface area contributed by atoms with Gasteiger partial charge in [-0.05, 0) is 17.7 Å². The van der Waals surface area contributed by atoms with Gasteiger partial charge >= 0.3 is 0 Å². The van der Waals surface area contributed by atoms with Crippen molar-refractivity contribution in [2.75, 3.05) is 0 Å². The molecule has 0 spiro atoms. The van der Waals surface area contributed by atoms with Crippen molar-refractivity contribution in [2.24, 2.45) is 0 Å². The number of nitrogens with one attached hydrogen (secondary N) is 1. The molecule has 5 rings (SSSR count). The minimum atomic E-state index is -1.28. The number of para-hydroxylation sites is 2. The highest BCUT2D eigenvalue weighted by Gasteiger charge is 2.54. The lowest BCUT2D eigenvalue weighted by Crippen LogP contribution is -2.41. The van der Waals surface area contributed by atoms with Crippen LogP contribution in [0.2, 0.25) is 0 Å². The molecule has 1 aliphatic rings. The van der Waals surface area contributed by atoms with E-state index in [1.165, 1.54) is 0 Å². The number of H-pyrrole nitrogens is 1. The normalized spacial score (nSPS) is 15.3. The Balaban J connectivity index is 1.71. The quantitative estimate of drug-likeness (QED) is 0.564. The van der Waals surface area contributed by atoms with E-state index in [-0.39, 0.29) is 18.0 Å². The molecule has 27 heavy (non-hydrogen) atoms. The van der Waals surface area contributed by atoms with E-state index in [1.54, 1.807) is 24.3 Å². The SMILES string of the molecule is O=C1c2ccccc2C(=O)C1(Cc1nc2ccccc2[nH]1)c1ccccc1. The molecule has 130 valence electrons. The molecule has 4 nitrogen and oxygen atoms in total. The van der Waals surface area contributed by atoms with E-state index in [0.717, 1.165) is 11.0 Å². The summed E-state index contributed by atoms with van der Waals surface area (Å²) in [5.41, 5.74) is 2.12. The van der Waals surface area contributed by atoms with Gasteiger partial charge in [-0.3, -0.25) is 9.59 Å². The molecule has 0 fully saturated rings. The van der Waals surface area contributed by atoms with Crippen molar-refractivity contribution in [3.8, 4) is 0 Å². The summed E-state index contributed by atoms with van der Waals surface area (Å²) in [4.78, 5) is 34.9. The molecule has 4 aromatic rings. The van der Waals surface area contributed by atoms with E-state index in [1.807, 2.05) is 54.6 Å². The number of nitrogens with zero attached hydrogens (tertiary/aromatic N) is 1. The van der Waals surface area contributed by atoms with Crippen molar-refractivity contribution in [2.45, 2.75) is 11.8 Å². The minimum absolute atomic E-state index is 0.158. The Morgan fingerprint density at radius 2 is 1.33 bits per heavy atom. The fourth-order valence-electron chi connectivity index (χ4n) is 4.03. The number of hydrogen-bond donors (Lipinski definition) is 1. The monoisotopic (exact) mass is 352 g/mol. The summed E-state index contributed by atoms with van der Waals surface area (Å²) < 4.78 is 0. The van der Waals surface area contributed by atoms with Crippen molar-refractivity contribution < 1.29 is 9.59 Å². The summed E-state index contributed by atoms with van der Waals surface area (Å²) in [6, 6.07) is 24.1. The first-order valence-electron chi connectivity index (χ1n) is 8.88. The van der Waals surface area contributed by atoms with Crippen LogP contribution < -0.4 is 0 Å². The fourth-order valence-corrected chi connectivity index (χ4v) is 4.03. The number of aromatic amines is 1. The van der Waals surface area contributed by atoms with E-state index in [4.69, 9.17) is 0 Å². The van der Waals surface area contributed by atoms with Crippen LogP contribution in [-0.4, -0.2) is 21.5 Å². The van der Waals surface area contributed by atoms with Crippen molar-refractivity contribution in [3.63, 3.8) is 0 Å². The number of imidazole rings is 1. The zero-order chi connectivity index (χ0) is 18.4. The molecule has 0 aliphatic heterocycles. The molecule has 0 radical (unpaired) electrons. The molecule has 1 aromatic heterocycles. The summed E-state index contributed by atoms with van der Waals surface area (Å²) in [6.45, 7) is 0. The molecule has 0 saturated carbocycles. The Morgan fingerprint density at radius 1 is 0.741 bits per heavy atom. The summed E-state index contributed by atoms with van der Waals surface area (Å²) in [6.07, 6.45) is 0.206. The van der Waals surface area contributed by atoms with Gasteiger partial charge in [-0.25, -0.2) is 4.98 Å². The lowest BCUT2D eigenvalue weighted by molar-refractivity contribution is 0.0791. The van der Waals surface area contributed by atoms with E-state index in [9.17, 15) is 9.59 Å². The number of carbonyl (C=O) groups is 2. The first-order chi connectivity index (χ1) is 13.2. The molecular weight excluding hydrogens is 336 g/mol. The van der Waals surface area contributed by atoms with E-state index < -0.39 is 5.41 Å². The Kier molecular flexibility index (Phi) is 3.34. The highest BCUT2D eigenvalue weighted by atomic mass is 16.2. The van der Waals surface area contributed by atoms with Crippen molar-refractivity contribution in [1.29, 1.82) is 0 Å². The second-order valence-electron chi connectivity index (χ2n) is 6.85. The van der Waals surface area contributed by atoms with E-state index in [2.05, 4.69) is 9.97 Å². The third kappa shape index (κ3) is 2.20. The van der Waals surface area contributed by atoms with Crippen molar-refractivity contribution in [1.82, 2.24) is 9.97 Å². The molecule has 0 atom stereocenters. The largest absolute Gasteiger partial charge is 0.342 e. The molecule has 1 heterocycles. The van der Waals surface area contributed by atoms with E-state index in [0.29, 0.717) is 22.5 Å². The molecule has 0 unspecified atom stereocenters. The summed E-state index contributed by atoms with van der Waals surface area (Å²) in [5, 5.41) is 0. The zero-order valence-corrected chi connectivity index (χ0v) is 14.5. The third-order valence-electron chi connectivity index (χ3n) is 5.33. The lowest BCUT2D eigenvalue weighted by atomic mass is 9.73. The number of carbonyl (C=O) groups excluding carboxylic acids is 2. The number of Topliss-reactive ketones (excluding diaryl/α,β-unsaturated/α-hetero) is 2. The Morgan fingerprint density at radius 3 is 2.00 bits per heavy atom. The Hall–Kier alpha value is -3.53. The van der Waals surface area contributed by atoms with Crippen LogP contribution in [0.25, 0.3) is 11.0 Å². The maximum Gasteiger partial charge on any atom is 0.182 e. The van der Waals surface area contributed by atoms with E-state index >= 15 is 0 Å². The Bertz CT molecular complexity index is 1120. The molecule has 4 heteroatoms. The van der Waals surface area contributed by atoms with Crippen LogP contribution in [0, 0.1) is 0 Å². The smallest absolute Gasteiger partial charge is 0.182 e. The number of hydrogen-bond acceptors (Lipinski definition) is 3. The average Bonchev–Trinajstić information content (AvgIpc) is 3.22. The third-order valence-corrected chi connectivity index (χ3v) is 5.33. The number of benzene rings is 3. The van der Waals surface area contributed by atoms with Gasteiger partial charge in [0.25, 0.3) is 0 Å². The Labute approximate surface area is 155 Å². The lowest BCUT2D eigenvalue weighted by Gasteiger charge is -2.25. The predicted molar refractivity (Wildman–Crippen MR) is 103 cm³/mol. The van der Waals surface area contributed by atoms with Crippen LogP contribution in [-0.2, 0) is 11.8 Å². The van der Waals surface area contributed by atoms with Gasteiger partial charge in [-0.15, -0.1) is 0 Å². The maximum atomic E-state index is 13.5.